The summed E-state index contributed by atoms with van der Waals surface area (Å²) in [6.07, 6.45) is 0. The summed E-state index contributed by atoms with van der Waals surface area (Å²) >= 11 is 1.68. The van der Waals surface area contributed by atoms with E-state index in [9.17, 15) is 4.79 Å². The largest absolute Gasteiger partial charge is 0.310 e. The molecule has 3 aromatic rings. The van der Waals surface area contributed by atoms with E-state index in [0.29, 0.717) is 5.82 Å². The topological polar surface area (TPSA) is 45.8 Å². The highest BCUT2D eigenvalue weighted by molar-refractivity contribution is 7.17. The molecule has 0 aliphatic heterocycles. The maximum absolute atomic E-state index is 11.9. The number of thiophene rings is 1. The Bertz CT molecular complexity index is 824. The number of rotatable bonds is 1. The molecule has 0 bridgehead atoms. The lowest BCUT2D eigenvalue weighted by Crippen LogP contribution is -2.21. The van der Waals surface area contributed by atoms with E-state index in [1.165, 1.54) is 10.1 Å². The second-order valence-electron chi connectivity index (χ2n) is 5.87. The van der Waals surface area contributed by atoms with Crippen LogP contribution in [0.5, 0.6) is 0 Å². The lowest BCUT2D eigenvalue weighted by molar-refractivity contribution is 0.543. The van der Waals surface area contributed by atoms with Crippen molar-refractivity contribution in [1.82, 2.24) is 9.97 Å². The van der Waals surface area contributed by atoms with Gasteiger partial charge in [-0.2, -0.15) is 0 Å². The van der Waals surface area contributed by atoms with E-state index in [4.69, 9.17) is 0 Å². The monoisotopic (exact) mass is 284 g/mol. The van der Waals surface area contributed by atoms with E-state index in [0.717, 1.165) is 11.3 Å². The molecule has 0 fully saturated rings. The average Bonchev–Trinajstić information content (AvgIpc) is 2.84. The lowest BCUT2D eigenvalue weighted by Gasteiger charge is -2.17. The molecule has 1 N–H and O–H groups in total. The van der Waals surface area contributed by atoms with Crippen molar-refractivity contribution in [1.29, 1.82) is 0 Å². The van der Waals surface area contributed by atoms with Crippen LogP contribution < -0.4 is 5.56 Å². The molecule has 0 aliphatic carbocycles. The molecule has 20 heavy (non-hydrogen) atoms. The van der Waals surface area contributed by atoms with Crippen LogP contribution in [0.4, 0.5) is 0 Å². The summed E-state index contributed by atoms with van der Waals surface area (Å²) in [5.74, 6) is 0.716. The Morgan fingerprint density at radius 1 is 1.20 bits per heavy atom. The predicted molar refractivity (Wildman–Crippen MR) is 84.4 cm³/mol. The molecule has 0 spiro atoms. The van der Waals surface area contributed by atoms with Gasteiger partial charge in [0.05, 0.1) is 5.69 Å². The van der Waals surface area contributed by atoms with Crippen LogP contribution >= 0.6 is 11.3 Å². The SMILES string of the molecule is CC(C)(C)c1nc(-c2cccc3ccsc23)cc(=O)[nH]1. The molecule has 0 unspecified atom stereocenters. The number of nitrogens with zero attached hydrogens (tertiary/aromatic N) is 1. The zero-order valence-corrected chi connectivity index (χ0v) is 12.5. The Hall–Kier alpha value is -1.94. The minimum atomic E-state index is -0.182. The number of aromatic amines is 1. The molecule has 0 saturated carbocycles. The third kappa shape index (κ3) is 2.27. The Labute approximate surface area is 121 Å². The van der Waals surface area contributed by atoms with E-state index in [1.807, 2.05) is 32.9 Å². The summed E-state index contributed by atoms with van der Waals surface area (Å²) in [5.41, 5.74) is 1.48. The first kappa shape index (κ1) is 13.1. The number of benzene rings is 1. The Morgan fingerprint density at radius 2 is 2.00 bits per heavy atom. The number of nitrogens with one attached hydrogen (secondary N) is 1. The molecule has 4 heteroatoms. The van der Waals surface area contributed by atoms with E-state index in [2.05, 4.69) is 27.5 Å². The molecular formula is C16H16N2OS. The number of H-pyrrole nitrogens is 1. The Balaban J connectivity index is 2.27. The molecule has 0 radical (unpaired) electrons. The molecule has 1 aromatic carbocycles. The predicted octanol–water partition coefficient (Wildman–Crippen LogP) is 3.95. The van der Waals surface area contributed by atoms with Gasteiger partial charge in [-0.3, -0.25) is 4.79 Å². The highest BCUT2D eigenvalue weighted by atomic mass is 32.1. The van der Waals surface area contributed by atoms with Gasteiger partial charge in [0.15, 0.2) is 0 Å². The highest BCUT2D eigenvalue weighted by Gasteiger charge is 2.18. The van der Waals surface area contributed by atoms with Gasteiger partial charge in [0.25, 0.3) is 5.56 Å². The fraction of sp³-hybridized carbons (Fsp3) is 0.250. The average molecular weight is 284 g/mol. The van der Waals surface area contributed by atoms with Gasteiger partial charge >= 0.3 is 0 Å². The summed E-state index contributed by atoms with van der Waals surface area (Å²) in [6, 6.07) is 9.76. The molecule has 3 nitrogen and oxygen atoms in total. The van der Waals surface area contributed by atoms with Crippen LogP contribution in [0.3, 0.4) is 0 Å². The van der Waals surface area contributed by atoms with Crippen molar-refractivity contribution in [3.8, 4) is 11.3 Å². The fourth-order valence-corrected chi connectivity index (χ4v) is 3.07. The summed E-state index contributed by atoms with van der Waals surface area (Å²) in [4.78, 5) is 19.4. The third-order valence-electron chi connectivity index (χ3n) is 3.21. The highest BCUT2D eigenvalue weighted by Crippen LogP contribution is 2.31. The first-order valence-electron chi connectivity index (χ1n) is 6.53. The van der Waals surface area contributed by atoms with Gasteiger partial charge in [-0.1, -0.05) is 39.0 Å². The lowest BCUT2D eigenvalue weighted by atomic mass is 9.95. The maximum Gasteiger partial charge on any atom is 0.251 e. The van der Waals surface area contributed by atoms with Crippen LogP contribution in [-0.2, 0) is 5.41 Å². The molecule has 102 valence electrons. The van der Waals surface area contributed by atoms with Crippen LogP contribution in [-0.4, -0.2) is 9.97 Å². The molecule has 2 aromatic heterocycles. The van der Waals surface area contributed by atoms with E-state index >= 15 is 0 Å². The molecule has 0 amide bonds. The van der Waals surface area contributed by atoms with E-state index in [1.54, 1.807) is 17.4 Å². The van der Waals surface area contributed by atoms with Gasteiger partial charge in [0, 0.05) is 21.7 Å². The minimum Gasteiger partial charge on any atom is -0.310 e. The van der Waals surface area contributed by atoms with Crippen LogP contribution in [0.25, 0.3) is 21.3 Å². The first-order chi connectivity index (χ1) is 9.45. The van der Waals surface area contributed by atoms with Crippen LogP contribution in [0.15, 0.2) is 40.5 Å². The molecule has 2 heterocycles. The van der Waals surface area contributed by atoms with Crippen molar-refractivity contribution in [3.05, 3.63) is 51.9 Å². The fourth-order valence-electron chi connectivity index (χ4n) is 2.15. The number of hydrogen-bond acceptors (Lipinski definition) is 3. The standard InChI is InChI=1S/C16H16N2OS/c1-16(2,3)15-17-12(9-13(19)18-15)11-6-4-5-10-7-8-20-14(10)11/h4-9H,1-3H3,(H,17,18,19). The van der Waals surface area contributed by atoms with Gasteiger partial charge in [-0.25, -0.2) is 4.98 Å². The first-order valence-corrected chi connectivity index (χ1v) is 7.41. The molecule has 3 rings (SSSR count). The Kier molecular flexibility index (Phi) is 2.98. The number of fused-ring (bicyclic) bond motifs is 1. The molecular weight excluding hydrogens is 268 g/mol. The van der Waals surface area contributed by atoms with Gasteiger partial charge < -0.3 is 4.98 Å². The van der Waals surface area contributed by atoms with Crippen molar-refractivity contribution < 1.29 is 0 Å². The van der Waals surface area contributed by atoms with Crippen molar-refractivity contribution in [3.63, 3.8) is 0 Å². The van der Waals surface area contributed by atoms with Crippen LogP contribution in [0.1, 0.15) is 26.6 Å². The van der Waals surface area contributed by atoms with Gasteiger partial charge in [0.2, 0.25) is 0 Å². The molecule has 0 saturated heterocycles. The smallest absolute Gasteiger partial charge is 0.251 e. The van der Waals surface area contributed by atoms with Crippen LogP contribution in [0.2, 0.25) is 0 Å². The summed E-state index contributed by atoms with van der Waals surface area (Å²) in [7, 11) is 0. The number of hydrogen-bond donors (Lipinski definition) is 1. The molecule has 0 aliphatic rings. The van der Waals surface area contributed by atoms with Gasteiger partial charge in [0.1, 0.15) is 5.82 Å². The second kappa shape index (κ2) is 4.56. The normalized spacial score (nSPS) is 11.9. The summed E-state index contributed by atoms with van der Waals surface area (Å²) in [6.45, 7) is 6.13. The quantitative estimate of drug-likeness (QED) is 0.735. The number of aromatic nitrogens is 2. The van der Waals surface area contributed by atoms with Crippen molar-refractivity contribution in [2.24, 2.45) is 0 Å². The zero-order chi connectivity index (χ0) is 14.3. The van der Waals surface area contributed by atoms with Crippen molar-refractivity contribution in [2.75, 3.05) is 0 Å². The van der Waals surface area contributed by atoms with Crippen molar-refractivity contribution >= 4 is 21.4 Å². The zero-order valence-electron chi connectivity index (χ0n) is 11.7. The third-order valence-corrected chi connectivity index (χ3v) is 4.17. The van der Waals surface area contributed by atoms with E-state index in [-0.39, 0.29) is 11.0 Å². The van der Waals surface area contributed by atoms with Gasteiger partial charge in [-0.05, 0) is 16.8 Å². The maximum atomic E-state index is 11.9. The van der Waals surface area contributed by atoms with Gasteiger partial charge in [-0.15, -0.1) is 11.3 Å². The van der Waals surface area contributed by atoms with Crippen molar-refractivity contribution in [2.45, 2.75) is 26.2 Å². The summed E-state index contributed by atoms with van der Waals surface area (Å²) < 4.78 is 1.17. The van der Waals surface area contributed by atoms with E-state index < -0.39 is 0 Å². The molecule has 0 atom stereocenters. The summed E-state index contributed by atoms with van der Waals surface area (Å²) in [5, 5.41) is 3.25. The second-order valence-corrected chi connectivity index (χ2v) is 6.79. The Morgan fingerprint density at radius 3 is 2.75 bits per heavy atom. The minimum absolute atomic E-state index is 0.103. The van der Waals surface area contributed by atoms with Crippen LogP contribution in [0, 0.1) is 0 Å².